The Balaban J connectivity index is 2.26. The molecule has 0 aromatic heterocycles. The molecular weight excluding hydrogens is 328 g/mol. The Hall–Kier alpha value is -1.52. The highest BCUT2D eigenvalue weighted by atomic mass is 79.9. The highest BCUT2D eigenvalue weighted by Crippen LogP contribution is 2.30. The number of nitrogens with two attached hydrogens (primary N) is 1. The first kappa shape index (κ1) is 13.9. The van der Waals surface area contributed by atoms with Crippen molar-refractivity contribution in [3.8, 4) is 0 Å². The second-order valence-electron chi connectivity index (χ2n) is 4.13. The molecule has 3 nitrogen and oxygen atoms in total. The number of carbonyl (C=O) groups is 1. The van der Waals surface area contributed by atoms with E-state index >= 15 is 0 Å². The Bertz CT molecular complexity index is 643. The van der Waals surface area contributed by atoms with E-state index in [4.69, 9.17) is 17.3 Å². The number of nitrogens with one attached hydrogen (secondary N) is 1. The fourth-order valence-corrected chi connectivity index (χ4v) is 2.15. The summed E-state index contributed by atoms with van der Waals surface area (Å²) in [5.74, 6) is -0.203. The maximum Gasteiger partial charge on any atom is 0.255 e. The van der Waals surface area contributed by atoms with E-state index in [1.165, 1.54) is 0 Å². The van der Waals surface area contributed by atoms with Gasteiger partial charge in [0.1, 0.15) is 0 Å². The van der Waals surface area contributed by atoms with E-state index in [2.05, 4.69) is 21.2 Å². The smallest absolute Gasteiger partial charge is 0.255 e. The van der Waals surface area contributed by atoms with E-state index in [9.17, 15) is 4.79 Å². The summed E-state index contributed by atoms with van der Waals surface area (Å²) >= 11 is 9.32. The predicted molar refractivity (Wildman–Crippen MR) is 82.7 cm³/mol. The van der Waals surface area contributed by atoms with E-state index in [0.29, 0.717) is 26.4 Å². The molecule has 2 rings (SSSR count). The molecule has 0 atom stereocenters. The van der Waals surface area contributed by atoms with Crippen molar-refractivity contribution in [2.24, 2.45) is 0 Å². The molecule has 0 aliphatic rings. The van der Waals surface area contributed by atoms with Crippen LogP contribution in [0.25, 0.3) is 0 Å². The van der Waals surface area contributed by atoms with Crippen LogP contribution >= 0.6 is 27.5 Å². The van der Waals surface area contributed by atoms with Gasteiger partial charge in [-0.2, -0.15) is 0 Å². The molecule has 5 heteroatoms. The van der Waals surface area contributed by atoms with Gasteiger partial charge in [0.15, 0.2) is 0 Å². The number of hydrogen-bond acceptors (Lipinski definition) is 2. The molecule has 2 aromatic rings. The van der Waals surface area contributed by atoms with Crippen LogP contribution in [-0.4, -0.2) is 5.91 Å². The Morgan fingerprint density at radius 2 is 2.05 bits per heavy atom. The zero-order valence-corrected chi connectivity index (χ0v) is 12.5. The number of carbonyl (C=O) groups excluding carboxylic acids is 1. The predicted octanol–water partition coefficient (Wildman–Crippen LogP) is 4.25. The van der Waals surface area contributed by atoms with Gasteiger partial charge in [-0.3, -0.25) is 4.79 Å². The first-order chi connectivity index (χ1) is 8.99. The Kier molecular flexibility index (Phi) is 4.12. The number of anilines is 2. The molecule has 0 radical (unpaired) electrons. The van der Waals surface area contributed by atoms with Crippen molar-refractivity contribution in [2.45, 2.75) is 6.92 Å². The summed E-state index contributed by atoms with van der Waals surface area (Å²) in [6.07, 6.45) is 0. The Morgan fingerprint density at radius 1 is 1.32 bits per heavy atom. The molecule has 0 spiro atoms. The molecule has 0 heterocycles. The van der Waals surface area contributed by atoms with E-state index in [0.717, 1.165) is 5.56 Å². The zero-order valence-electron chi connectivity index (χ0n) is 10.2. The van der Waals surface area contributed by atoms with Gasteiger partial charge in [0.2, 0.25) is 0 Å². The summed E-state index contributed by atoms with van der Waals surface area (Å²) < 4.78 is 0.664. The van der Waals surface area contributed by atoms with Crippen molar-refractivity contribution in [2.75, 3.05) is 11.1 Å². The third kappa shape index (κ3) is 3.08. The molecular formula is C14H12BrClN2O. The summed E-state index contributed by atoms with van der Waals surface area (Å²) in [6.45, 7) is 1.86. The number of halogens is 2. The van der Waals surface area contributed by atoms with Gasteiger partial charge in [-0.15, -0.1) is 0 Å². The first-order valence-electron chi connectivity index (χ1n) is 5.60. The maximum atomic E-state index is 12.1. The highest BCUT2D eigenvalue weighted by molar-refractivity contribution is 9.10. The molecule has 0 saturated carbocycles. The zero-order chi connectivity index (χ0) is 14.0. The van der Waals surface area contributed by atoms with Crippen LogP contribution in [0.2, 0.25) is 5.02 Å². The van der Waals surface area contributed by atoms with E-state index in [-0.39, 0.29) is 5.91 Å². The number of hydrogen-bond donors (Lipinski definition) is 2. The molecule has 98 valence electrons. The van der Waals surface area contributed by atoms with Gasteiger partial charge in [0.05, 0.1) is 15.2 Å². The van der Waals surface area contributed by atoms with E-state index in [1.807, 2.05) is 6.92 Å². The minimum absolute atomic E-state index is 0.203. The SMILES string of the molecule is Cc1cc(C(=O)Nc2cccc(Cl)c2Br)ccc1N. The largest absolute Gasteiger partial charge is 0.399 e. The number of aryl methyl sites for hydroxylation is 1. The first-order valence-corrected chi connectivity index (χ1v) is 6.77. The summed E-state index contributed by atoms with van der Waals surface area (Å²) in [5, 5.41) is 3.35. The van der Waals surface area contributed by atoms with Crippen molar-refractivity contribution in [1.82, 2.24) is 0 Å². The molecule has 19 heavy (non-hydrogen) atoms. The van der Waals surface area contributed by atoms with Gasteiger partial charge in [-0.1, -0.05) is 17.7 Å². The van der Waals surface area contributed by atoms with Crippen LogP contribution in [0.3, 0.4) is 0 Å². The fourth-order valence-electron chi connectivity index (χ4n) is 1.61. The average molecular weight is 340 g/mol. The maximum absolute atomic E-state index is 12.1. The van der Waals surface area contributed by atoms with Crippen LogP contribution in [0, 0.1) is 6.92 Å². The molecule has 0 aliphatic heterocycles. The lowest BCUT2D eigenvalue weighted by Gasteiger charge is -2.09. The molecule has 0 unspecified atom stereocenters. The number of amides is 1. The Labute approximate surface area is 124 Å². The molecule has 3 N–H and O–H groups in total. The topological polar surface area (TPSA) is 55.1 Å². The van der Waals surface area contributed by atoms with E-state index < -0.39 is 0 Å². The highest BCUT2D eigenvalue weighted by Gasteiger charge is 2.10. The van der Waals surface area contributed by atoms with Crippen molar-refractivity contribution in [3.63, 3.8) is 0 Å². The van der Waals surface area contributed by atoms with E-state index in [1.54, 1.807) is 36.4 Å². The summed E-state index contributed by atoms with van der Waals surface area (Å²) in [6, 6.07) is 10.5. The summed E-state index contributed by atoms with van der Waals surface area (Å²) in [4.78, 5) is 12.1. The van der Waals surface area contributed by atoms with Crippen molar-refractivity contribution >= 4 is 44.8 Å². The van der Waals surface area contributed by atoms with Crippen LogP contribution < -0.4 is 11.1 Å². The third-order valence-corrected chi connectivity index (χ3v) is 4.13. The number of nitrogen functional groups attached to an aromatic ring is 1. The van der Waals surface area contributed by atoms with Gasteiger partial charge in [0, 0.05) is 11.3 Å². The van der Waals surface area contributed by atoms with Crippen molar-refractivity contribution < 1.29 is 4.79 Å². The van der Waals surface area contributed by atoms with Gasteiger partial charge in [0.25, 0.3) is 5.91 Å². The van der Waals surface area contributed by atoms with Crippen LogP contribution in [0.4, 0.5) is 11.4 Å². The van der Waals surface area contributed by atoms with Crippen molar-refractivity contribution in [1.29, 1.82) is 0 Å². The van der Waals surface area contributed by atoms with Crippen LogP contribution in [0.15, 0.2) is 40.9 Å². The average Bonchev–Trinajstić information content (AvgIpc) is 2.38. The van der Waals surface area contributed by atoms with Gasteiger partial charge < -0.3 is 11.1 Å². The van der Waals surface area contributed by atoms with Crippen LogP contribution in [-0.2, 0) is 0 Å². The lowest BCUT2D eigenvalue weighted by molar-refractivity contribution is 0.102. The number of rotatable bonds is 2. The quantitative estimate of drug-likeness (QED) is 0.804. The minimum atomic E-state index is -0.203. The van der Waals surface area contributed by atoms with Crippen LogP contribution in [0.1, 0.15) is 15.9 Å². The lowest BCUT2D eigenvalue weighted by atomic mass is 10.1. The minimum Gasteiger partial charge on any atom is -0.399 e. The second kappa shape index (κ2) is 5.63. The van der Waals surface area contributed by atoms with Gasteiger partial charge >= 0.3 is 0 Å². The van der Waals surface area contributed by atoms with Crippen LogP contribution in [0.5, 0.6) is 0 Å². The fraction of sp³-hybridized carbons (Fsp3) is 0.0714. The molecule has 0 bridgehead atoms. The van der Waals surface area contributed by atoms with Gasteiger partial charge in [-0.05, 0) is 58.7 Å². The molecule has 1 amide bonds. The Morgan fingerprint density at radius 3 is 2.74 bits per heavy atom. The van der Waals surface area contributed by atoms with Crippen molar-refractivity contribution in [3.05, 3.63) is 57.0 Å². The summed E-state index contributed by atoms with van der Waals surface area (Å²) in [7, 11) is 0. The molecule has 0 aliphatic carbocycles. The lowest BCUT2D eigenvalue weighted by Crippen LogP contribution is -2.12. The summed E-state index contributed by atoms with van der Waals surface area (Å²) in [5.41, 5.74) is 8.45. The monoisotopic (exact) mass is 338 g/mol. The van der Waals surface area contributed by atoms with Gasteiger partial charge in [-0.25, -0.2) is 0 Å². The second-order valence-corrected chi connectivity index (χ2v) is 5.33. The standard InChI is InChI=1S/C14H12BrClN2O/c1-8-7-9(5-6-11(8)17)14(19)18-12-4-2-3-10(16)13(12)15/h2-7H,17H2,1H3,(H,18,19). The molecule has 0 fully saturated rings. The third-order valence-electron chi connectivity index (χ3n) is 2.73. The number of benzene rings is 2. The molecule has 0 saturated heterocycles. The molecule has 2 aromatic carbocycles. The normalized spacial score (nSPS) is 10.3.